The van der Waals surface area contributed by atoms with Crippen molar-refractivity contribution in [3.8, 4) is 0 Å². The predicted molar refractivity (Wildman–Crippen MR) is 92.8 cm³/mol. The Hall–Kier alpha value is -2.34. The zero-order valence-electron chi connectivity index (χ0n) is 12.7. The molecule has 3 rings (SSSR count). The molecular formula is C16H20ClN5O. The van der Waals surface area contributed by atoms with E-state index in [4.69, 9.17) is 5.73 Å². The summed E-state index contributed by atoms with van der Waals surface area (Å²) in [6.45, 7) is 1.64. The SMILES string of the molecule is Cl.Nc1ccc(C(=O)NC2CCCN(c3ncccn3)C2)cc1. The highest BCUT2D eigenvalue weighted by Gasteiger charge is 2.23. The van der Waals surface area contributed by atoms with E-state index in [0.29, 0.717) is 17.2 Å². The summed E-state index contributed by atoms with van der Waals surface area (Å²) in [5.41, 5.74) is 6.92. The van der Waals surface area contributed by atoms with Gasteiger partial charge in [0.2, 0.25) is 5.95 Å². The zero-order chi connectivity index (χ0) is 15.4. The van der Waals surface area contributed by atoms with Crippen LogP contribution >= 0.6 is 12.4 Å². The van der Waals surface area contributed by atoms with Crippen molar-refractivity contribution >= 4 is 29.9 Å². The summed E-state index contributed by atoms with van der Waals surface area (Å²) in [5, 5.41) is 3.08. The molecule has 2 aromatic rings. The molecule has 1 aliphatic rings. The maximum absolute atomic E-state index is 12.3. The third-order valence-electron chi connectivity index (χ3n) is 3.76. The number of nitrogen functional groups attached to an aromatic ring is 1. The van der Waals surface area contributed by atoms with Gasteiger partial charge in [0.05, 0.1) is 0 Å². The van der Waals surface area contributed by atoms with E-state index in [1.54, 1.807) is 42.7 Å². The van der Waals surface area contributed by atoms with Crippen LogP contribution in [0.5, 0.6) is 0 Å². The molecule has 7 heteroatoms. The van der Waals surface area contributed by atoms with E-state index < -0.39 is 0 Å². The van der Waals surface area contributed by atoms with Gasteiger partial charge in [0.25, 0.3) is 5.91 Å². The fourth-order valence-electron chi connectivity index (χ4n) is 2.63. The first-order valence-corrected chi connectivity index (χ1v) is 7.41. The van der Waals surface area contributed by atoms with Gasteiger partial charge in [0.1, 0.15) is 0 Å². The van der Waals surface area contributed by atoms with E-state index in [9.17, 15) is 4.79 Å². The van der Waals surface area contributed by atoms with Crippen LogP contribution in [-0.2, 0) is 0 Å². The van der Waals surface area contributed by atoms with Gasteiger partial charge >= 0.3 is 0 Å². The van der Waals surface area contributed by atoms with Crippen molar-refractivity contribution in [2.75, 3.05) is 23.7 Å². The summed E-state index contributed by atoms with van der Waals surface area (Å²) in [7, 11) is 0. The standard InChI is InChI=1S/C16H19N5O.ClH/c17-13-6-4-12(5-7-13)15(22)20-14-3-1-10-21(11-14)16-18-8-2-9-19-16;/h2,4-9,14H,1,3,10-11,17H2,(H,20,22);1H. The lowest BCUT2D eigenvalue weighted by Crippen LogP contribution is -2.48. The molecule has 122 valence electrons. The Balaban J connectivity index is 0.00000192. The molecule has 2 heterocycles. The Labute approximate surface area is 141 Å². The summed E-state index contributed by atoms with van der Waals surface area (Å²) >= 11 is 0. The van der Waals surface area contributed by atoms with Gasteiger partial charge in [-0.15, -0.1) is 12.4 Å². The molecule has 1 atom stereocenters. The number of benzene rings is 1. The first kappa shape index (κ1) is 17.0. The van der Waals surface area contributed by atoms with Crippen molar-refractivity contribution in [1.82, 2.24) is 15.3 Å². The molecule has 1 unspecified atom stereocenters. The molecule has 1 saturated heterocycles. The van der Waals surface area contributed by atoms with Gasteiger partial charge in [0.15, 0.2) is 0 Å². The van der Waals surface area contributed by atoms with Crippen LogP contribution < -0.4 is 16.0 Å². The number of rotatable bonds is 3. The van der Waals surface area contributed by atoms with Crippen molar-refractivity contribution in [3.63, 3.8) is 0 Å². The molecule has 0 spiro atoms. The van der Waals surface area contributed by atoms with E-state index in [0.717, 1.165) is 25.9 Å². The van der Waals surface area contributed by atoms with E-state index >= 15 is 0 Å². The number of amides is 1. The molecule has 0 saturated carbocycles. The van der Waals surface area contributed by atoms with Gasteiger partial charge in [-0.2, -0.15) is 0 Å². The minimum atomic E-state index is -0.0687. The van der Waals surface area contributed by atoms with Crippen LogP contribution in [0, 0.1) is 0 Å². The van der Waals surface area contributed by atoms with Crippen LogP contribution in [0.15, 0.2) is 42.7 Å². The van der Waals surface area contributed by atoms with Crippen LogP contribution in [0.1, 0.15) is 23.2 Å². The molecule has 3 N–H and O–H groups in total. The second-order valence-corrected chi connectivity index (χ2v) is 5.43. The highest BCUT2D eigenvalue weighted by molar-refractivity contribution is 5.94. The molecule has 1 amide bonds. The van der Waals surface area contributed by atoms with Crippen LogP contribution in [0.2, 0.25) is 0 Å². The summed E-state index contributed by atoms with van der Waals surface area (Å²) in [4.78, 5) is 22.9. The smallest absolute Gasteiger partial charge is 0.251 e. The van der Waals surface area contributed by atoms with Gasteiger partial charge < -0.3 is 16.0 Å². The monoisotopic (exact) mass is 333 g/mol. The van der Waals surface area contributed by atoms with Crippen LogP contribution in [0.25, 0.3) is 0 Å². The number of nitrogens with zero attached hydrogens (tertiary/aromatic N) is 3. The van der Waals surface area contributed by atoms with Gasteiger partial charge in [-0.3, -0.25) is 4.79 Å². The Kier molecular flexibility index (Phi) is 5.76. The molecule has 0 bridgehead atoms. The Morgan fingerprint density at radius 3 is 2.61 bits per heavy atom. The van der Waals surface area contributed by atoms with Crippen molar-refractivity contribution in [1.29, 1.82) is 0 Å². The number of carbonyl (C=O) groups is 1. The van der Waals surface area contributed by atoms with Crippen LogP contribution in [0.4, 0.5) is 11.6 Å². The fraction of sp³-hybridized carbons (Fsp3) is 0.312. The average molecular weight is 334 g/mol. The topological polar surface area (TPSA) is 84.1 Å². The van der Waals surface area contributed by atoms with E-state index in [1.807, 2.05) is 0 Å². The third kappa shape index (κ3) is 4.32. The molecular weight excluding hydrogens is 314 g/mol. The molecule has 23 heavy (non-hydrogen) atoms. The minimum absolute atomic E-state index is 0. The van der Waals surface area contributed by atoms with Gasteiger partial charge in [-0.05, 0) is 43.2 Å². The number of hydrogen-bond acceptors (Lipinski definition) is 5. The van der Waals surface area contributed by atoms with Crippen LogP contribution in [-0.4, -0.2) is 35.0 Å². The zero-order valence-corrected chi connectivity index (χ0v) is 13.5. The van der Waals surface area contributed by atoms with Gasteiger partial charge in [-0.25, -0.2) is 9.97 Å². The Morgan fingerprint density at radius 1 is 1.22 bits per heavy atom. The highest BCUT2D eigenvalue weighted by atomic mass is 35.5. The second kappa shape index (κ2) is 7.78. The number of carbonyl (C=O) groups excluding carboxylic acids is 1. The lowest BCUT2D eigenvalue weighted by atomic mass is 10.1. The quantitative estimate of drug-likeness (QED) is 0.838. The van der Waals surface area contributed by atoms with Gasteiger partial charge in [-0.1, -0.05) is 0 Å². The number of piperidine rings is 1. The first-order chi connectivity index (χ1) is 10.7. The normalized spacial score (nSPS) is 17.2. The Bertz CT molecular complexity index is 635. The third-order valence-corrected chi connectivity index (χ3v) is 3.76. The maximum Gasteiger partial charge on any atom is 0.251 e. The summed E-state index contributed by atoms with van der Waals surface area (Å²) < 4.78 is 0. The largest absolute Gasteiger partial charge is 0.399 e. The first-order valence-electron chi connectivity index (χ1n) is 7.41. The summed E-state index contributed by atoms with van der Waals surface area (Å²) in [6, 6.07) is 8.85. The molecule has 0 aliphatic carbocycles. The predicted octanol–water partition coefficient (Wildman–Crippen LogP) is 1.88. The van der Waals surface area contributed by atoms with Crippen molar-refractivity contribution in [2.24, 2.45) is 0 Å². The molecule has 1 aromatic carbocycles. The van der Waals surface area contributed by atoms with E-state index in [1.165, 1.54) is 0 Å². The maximum atomic E-state index is 12.3. The van der Waals surface area contributed by atoms with E-state index in [2.05, 4.69) is 20.2 Å². The molecule has 1 fully saturated rings. The molecule has 0 radical (unpaired) electrons. The molecule has 6 nitrogen and oxygen atoms in total. The molecule has 1 aliphatic heterocycles. The summed E-state index contributed by atoms with van der Waals surface area (Å²) in [6.07, 6.45) is 5.44. The Morgan fingerprint density at radius 2 is 1.91 bits per heavy atom. The lowest BCUT2D eigenvalue weighted by Gasteiger charge is -2.33. The molecule has 1 aromatic heterocycles. The minimum Gasteiger partial charge on any atom is -0.399 e. The number of hydrogen-bond donors (Lipinski definition) is 2. The van der Waals surface area contributed by atoms with Crippen molar-refractivity contribution < 1.29 is 4.79 Å². The number of halogens is 1. The lowest BCUT2D eigenvalue weighted by molar-refractivity contribution is 0.0933. The number of aromatic nitrogens is 2. The average Bonchev–Trinajstić information content (AvgIpc) is 2.56. The van der Waals surface area contributed by atoms with Crippen molar-refractivity contribution in [2.45, 2.75) is 18.9 Å². The van der Waals surface area contributed by atoms with E-state index in [-0.39, 0.29) is 24.4 Å². The fourth-order valence-corrected chi connectivity index (χ4v) is 2.63. The van der Waals surface area contributed by atoms with Gasteiger partial charge in [0, 0.05) is 42.8 Å². The summed E-state index contributed by atoms with van der Waals surface area (Å²) in [5.74, 6) is 0.648. The number of anilines is 2. The van der Waals surface area contributed by atoms with Crippen LogP contribution in [0.3, 0.4) is 0 Å². The number of nitrogens with two attached hydrogens (primary N) is 1. The second-order valence-electron chi connectivity index (χ2n) is 5.43. The highest BCUT2D eigenvalue weighted by Crippen LogP contribution is 2.16. The van der Waals surface area contributed by atoms with Crippen molar-refractivity contribution in [3.05, 3.63) is 48.3 Å². The number of nitrogens with one attached hydrogen (secondary N) is 1.